The van der Waals surface area contributed by atoms with Gasteiger partial charge in [-0.25, -0.2) is 4.39 Å². The van der Waals surface area contributed by atoms with Crippen molar-refractivity contribution < 1.29 is 4.39 Å². The Morgan fingerprint density at radius 3 is 2.00 bits per heavy atom. The zero-order valence-corrected chi connectivity index (χ0v) is 9.78. The highest BCUT2D eigenvalue weighted by Gasteiger charge is 2.47. The third kappa shape index (κ3) is 2.10. The number of halogens is 1. The van der Waals surface area contributed by atoms with E-state index in [9.17, 15) is 4.39 Å². The minimum Gasteiger partial charge on any atom is -0.327 e. The number of hydrogen-bond acceptors (Lipinski definition) is 1. The van der Waals surface area contributed by atoms with Crippen molar-refractivity contribution in [2.75, 3.05) is 6.54 Å². The summed E-state index contributed by atoms with van der Waals surface area (Å²) < 4.78 is 14.8. The van der Waals surface area contributed by atoms with Gasteiger partial charge in [-0.05, 0) is 24.2 Å². The van der Waals surface area contributed by atoms with Crippen molar-refractivity contribution in [1.82, 2.24) is 0 Å². The molecule has 1 unspecified atom stereocenters. The monoisotopic (exact) mass is 201 g/mol. The van der Waals surface area contributed by atoms with Gasteiger partial charge in [0.05, 0.1) is 0 Å². The number of nitrogens with two attached hydrogens (primary N) is 1. The van der Waals surface area contributed by atoms with Crippen LogP contribution in [0.1, 0.15) is 52.9 Å². The molecule has 0 amide bonds. The number of alkyl halides is 1. The zero-order valence-electron chi connectivity index (χ0n) is 9.78. The Kier molecular flexibility index (Phi) is 3.57. The molecule has 0 spiro atoms. The van der Waals surface area contributed by atoms with Crippen molar-refractivity contribution in [2.45, 2.75) is 58.5 Å². The maximum atomic E-state index is 14.8. The fraction of sp³-hybridized carbons (Fsp3) is 1.00. The third-order valence-corrected chi connectivity index (χ3v) is 3.80. The van der Waals surface area contributed by atoms with E-state index in [1.807, 2.05) is 20.8 Å². The second kappa shape index (κ2) is 4.18. The van der Waals surface area contributed by atoms with Crippen LogP contribution in [0.2, 0.25) is 0 Å². The van der Waals surface area contributed by atoms with Crippen LogP contribution in [0, 0.1) is 11.3 Å². The molecule has 1 aliphatic rings. The van der Waals surface area contributed by atoms with E-state index in [-0.39, 0.29) is 17.9 Å². The zero-order chi connectivity index (χ0) is 10.8. The predicted octanol–water partition coefficient (Wildman–Crippen LogP) is 3.28. The molecule has 1 nitrogen and oxygen atoms in total. The van der Waals surface area contributed by atoms with Crippen LogP contribution in [0.3, 0.4) is 0 Å². The first-order chi connectivity index (χ1) is 6.42. The van der Waals surface area contributed by atoms with Gasteiger partial charge in [-0.1, -0.05) is 40.0 Å². The number of rotatable bonds is 2. The van der Waals surface area contributed by atoms with E-state index in [1.165, 1.54) is 19.3 Å². The van der Waals surface area contributed by atoms with Gasteiger partial charge in [0.1, 0.15) is 5.67 Å². The van der Waals surface area contributed by atoms with Crippen molar-refractivity contribution in [3.8, 4) is 0 Å². The van der Waals surface area contributed by atoms with Crippen molar-refractivity contribution in [3.63, 3.8) is 0 Å². The Bertz CT molecular complexity index is 179. The normalized spacial score (nSPS) is 24.6. The van der Waals surface area contributed by atoms with Gasteiger partial charge in [0.25, 0.3) is 0 Å². The van der Waals surface area contributed by atoms with Gasteiger partial charge in [-0.3, -0.25) is 0 Å². The second-order valence-corrected chi connectivity index (χ2v) is 5.65. The van der Waals surface area contributed by atoms with Crippen LogP contribution in [0.4, 0.5) is 4.39 Å². The standard InChI is InChI=1S/C12H24FN/c1-11(2,3)12(13,9-14)10-7-5-4-6-8-10/h10H,4-9,14H2,1-3H3. The van der Waals surface area contributed by atoms with Crippen LogP contribution in [0.25, 0.3) is 0 Å². The van der Waals surface area contributed by atoms with Crippen molar-refractivity contribution >= 4 is 0 Å². The smallest absolute Gasteiger partial charge is 0.130 e. The Labute approximate surface area is 87.3 Å². The lowest BCUT2D eigenvalue weighted by Crippen LogP contribution is -2.51. The largest absolute Gasteiger partial charge is 0.327 e. The summed E-state index contributed by atoms with van der Waals surface area (Å²) in [6, 6.07) is 0. The van der Waals surface area contributed by atoms with E-state index in [0.717, 1.165) is 12.8 Å². The van der Waals surface area contributed by atoms with E-state index in [1.54, 1.807) is 0 Å². The molecule has 0 heterocycles. The maximum absolute atomic E-state index is 14.8. The Balaban J connectivity index is 2.77. The predicted molar refractivity (Wildman–Crippen MR) is 58.9 cm³/mol. The first kappa shape index (κ1) is 12.0. The van der Waals surface area contributed by atoms with E-state index < -0.39 is 5.67 Å². The summed E-state index contributed by atoms with van der Waals surface area (Å²) in [5.41, 5.74) is 4.15. The highest BCUT2D eigenvalue weighted by molar-refractivity contribution is 4.98. The quantitative estimate of drug-likeness (QED) is 0.729. The molecule has 1 atom stereocenters. The molecule has 2 heteroatoms. The maximum Gasteiger partial charge on any atom is 0.130 e. The van der Waals surface area contributed by atoms with Crippen LogP contribution < -0.4 is 5.73 Å². The van der Waals surface area contributed by atoms with Gasteiger partial charge in [0, 0.05) is 6.54 Å². The van der Waals surface area contributed by atoms with Gasteiger partial charge < -0.3 is 5.73 Å². The molecule has 0 aromatic carbocycles. The van der Waals surface area contributed by atoms with E-state index in [0.29, 0.717) is 0 Å². The molecule has 0 aliphatic heterocycles. The molecule has 0 aromatic heterocycles. The van der Waals surface area contributed by atoms with Gasteiger partial charge in [-0.2, -0.15) is 0 Å². The van der Waals surface area contributed by atoms with Crippen molar-refractivity contribution in [2.24, 2.45) is 17.1 Å². The second-order valence-electron chi connectivity index (χ2n) is 5.65. The summed E-state index contributed by atoms with van der Waals surface area (Å²) in [4.78, 5) is 0. The molecular weight excluding hydrogens is 177 g/mol. The summed E-state index contributed by atoms with van der Waals surface area (Å²) in [6.07, 6.45) is 5.65. The topological polar surface area (TPSA) is 26.0 Å². The molecule has 14 heavy (non-hydrogen) atoms. The van der Waals surface area contributed by atoms with Crippen molar-refractivity contribution in [1.29, 1.82) is 0 Å². The lowest BCUT2D eigenvalue weighted by Gasteiger charge is -2.44. The number of hydrogen-bond donors (Lipinski definition) is 1. The summed E-state index contributed by atoms with van der Waals surface area (Å²) in [7, 11) is 0. The van der Waals surface area contributed by atoms with Crippen LogP contribution in [0.5, 0.6) is 0 Å². The SMILES string of the molecule is CC(C)(C)C(F)(CN)C1CCCCC1. The minimum absolute atomic E-state index is 0.168. The molecule has 0 bridgehead atoms. The third-order valence-electron chi connectivity index (χ3n) is 3.80. The summed E-state index contributed by atoms with van der Waals surface area (Å²) >= 11 is 0. The van der Waals surface area contributed by atoms with E-state index in [2.05, 4.69) is 0 Å². The lowest BCUT2D eigenvalue weighted by atomic mass is 9.66. The average Bonchev–Trinajstić information content (AvgIpc) is 2.16. The van der Waals surface area contributed by atoms with E-state index in [4.69, 9.17) is 5.73 Å². The van der Waals surface area contributed by atoms with Gasteiger partial charge >= 0.3 is 0 Å². The van der Waals surface area contributed by atoms with Crippen LogP contribution in [-0.4, -0.2) is 12.2 Å². The molecule has 2 N–H and O–H groups in total. The Morgan fingerprint density at radius 1 is 1.14 bits per heavy atom. The fourth-order valence-electron chi connectivity index (χ4n) is 2.65. The molecule has 0 aromatic rings. The summed E-state index contributed by atoms with van der Waals surface area (Å²) in [5.74, 6) is 0.182. The average molecular weight is 201 g/mol. The molecule has 0 radical (unpaired) electrons. The first-order valence-electron chi connectivity index (χ1n) is 5.81. The Hall–Kier alpha value is -0.110. The highest BCUT2D eigenvalue weighted by atomic mass is 19.1. The van der Waals surface area contributed by atoms with E-state index >= 15 is 0 Å². The van der Waals surface area contributed by atoms with Crippen LogP contribution >= 0.6 is 0 Å². The summed E-state index contributed by atoms with van der Waals surface area (Å²) in [6.45, 7) is 6.07. The van der Waals surface area contributed by atoms with Gasteiger partial charge in [-0.15, -0.1) is 0 Å². The van der Waals surface area contributed by atoms with Gasteiger partial charge in [0.2, 0.25) is 0 Å². The fourth-order valence-corrected chi connectivity index (χ4v) is 2.65. The molecular formula is C12H24FN. The van der Waals surface area contributed by atoms with Crippen LogP contribution in [-0.2, 0) is 0 Å². The van der Waals surface area contributed by atoms with Crippen molar-refractivity contribution in [3.05, 3.63) is 0 Å². The van der Waals surface area contributed by atoms with Crippen LogP contribution in [0.15, 0.2) is 0 Å². The minimum atomic E-state index is -1.17. The van der Waals surface area contributed by atoms with Gasteiger partial charge in [0.15, 0.2) is 0 Å². The highest BCUT2D eigenvalue weighted by Crippen LogP contribution is 2.45. The molecule has 0 saturated heterocycles. The Morgan fingerprint density at radius 2 is 1.64 bits per heavy atom. The lowest BCUT2D eigenvalue weighted by molar-refractivity contribution is -0.0339. The summed E-state index contributed by atoms with van der Waals surface area (Å²) in [5, 5.41) is 0. The molecule has 1 fully saturated rings. The molecule has 1 aliphatic carbocycles. The molecule has 1 rings (SSSR count). The molecule has 84 valence electrons. The first-order valence-corrected chi connectivity index (χ1v) is 5.81. The molecule has 1 saturated carbocycles.